The van der Waals surface area contributed by atoms with E-state index in [2.05, 4.69) is 16.0 Å². The van der Waals surface area contributed by atoms with Gasteiger partial charge in [0.25, 0.3) is 0 Å². The summed E-state index contributed by atoms with van der Waals surface area (Å²) in [4.78, 5) is 8.25. The Morgan fingerprint density at radius 2 is 1.88 bits per heavy atom. The van der Waals surface area contributed by atoms with Gasteiger partial charge in [0.05, 0.1) is 17.0 Å². The Morgan fingerprint density at radius 3 is 2.41 bits per heavy atom. The highest BCUT2D eigenvalue weighted by atomic mass is 32.2. The first-order chi connectivity index (χ1) is 14.8. The zero-order valence-corrected chi connectivity index (χ0v) is 18.7. The number of nitriles is 1. The Morgan fingerprint density at radius 1 is 1.19 bits per heavy atom. The van der Waals surface area contributed by atoms with Crippen molar-refractivity contribution in [1.29, 1.82) is 5.26 Å². The van der Waals surface area contributed by atoms with Gasteiger partial charge in [-0.05, 0) is 43.5 Å². The topological polar surface area (TPSA) is 101 Å². The molecular weight excluding hydrogens is 443 g/mol. The van der Waals surface area contributed by atoms with Crippen molar-refractivity contribution in [2.45, 2.75) is 51.4 Å². The van der Waals surface area contributed by atoms with Crippen molar-refractivity contribution in [3.8, 4) is 17.5 Å². The molecule has 3 aromatic rings. The average molecular weight is 466 g/mol. The minimum Gasteiger partial charge on any atom is -0.323 e. The largest absolute Gasteiger partial charge is 0.404 e. The summed E-state index contributed by atoms with van der Waals surface area (Å²) < 4.78 is 66.4. The van der Waals surface area contributed by atoms with Crippen LogP contribution in [-0.2, 0) is 16.6 Å². The van der Waals surface area contributed by atoms with Gasteiger partial charge in [0.15, 0.2) is 0 Å². The molecule has 11 heteroatoms. The van der Waals surface area contributed by atoms with Crippen LogP contribution in [0.3, 0.4) is 0 Å². The van der Waals surface area contributed by atoms with E-state index in [1.807, 2.05) is 31.4 Å². The lowest BCUT2D eigenvalue weighted by atomic mass is 10.1. The quantitative estimate of drug-likeness (QED) is 0.589. The molecular formula is C21H22F3N5O2S. The molecule has 0 fully saturated rings. The Labute approximate surface area is 184 Å². The van der Waals surface area contributed by atoms with E-state index >= 15 is 0 Å². The van der Waals surface area contributed by atoms with Gasteiger partial charge in [0.2, 0.25) is 10.0 Å². The second-order valence-electron chi connectivity index (χ2n) is 7.99. The van der Waals surface area contributed by atoms with E-state index in [0.29, 0.717) is 34.5 Å². The van der Waals surface area contributed by atoms with Crippen molar-refractivity contribution < 1.29 is 21.6 Å². The normalized spacial score (nSPS) is 13.5. The Bertz CT molecular complexity index is 1290. The van der Waals surface area contributed by atoms with Crippen LogP contribution in [0.4, 0.5) is 13.2 Å². The molecule has 170 valence electrons. The van der Waals surface area contributed by atoms with Crippen LogP contribution in [-0.4, -0.2) is 35.2 Å². The predicted octanol–water partition coefficient (Wildman–Crippen LogP) is 4.16. The summed E-state index contributed by atoms with van der Waals surface area (Å²) in [6, 6.07) is 4.34. The summed E-state index contributed by atoms with van der Waals surface area (Å²) in [5.41, 5.74) is 2.64. The zero-order valence-electron chi connectivity index (χ0n) is 17.9. The molecule has 7 nitrogen and oxygen atoms in total. The van der Waals surface area contributed by atoms with E-state index in [4.69, 9.17) is 0 Å². The fourth-order valence-electron chi connectivity index (χ4n) is 3.30. The molecule has 32 heavy (non-hydrogen) atoms. The number of nitrogens with one attached hydrogen (secondary N) is 1. The Hall–Kier alpha value is -2.97. The van der Waals surface area contributed by atoms with Gasteiger partial charge in [0.1, 0.15) is 22.7 Å². The van der Waals surface area contributed by atoms with Crippen molar-refractivity contribution >= 4 is 21.1 Å². The third-order valence-electron chi connectivity index (χ3n) is 4.81. The third kappa shape index (κ3) is 4.61. The molecule has 1 N–H and O–H groups in total. The zero-order chi connectivity index (χ0) is 23.8. The Kier molecular flexibility index (Phi) is 6.31. The van der Waals surface area contributed by atoms with E-state index in [1.54, 1.807) is 10.9 Å². The lowest BCUT2D eigenvalue weighted by molar-refractivity contribution is -0.147. The molecule has 0 aliphatic rings. The lowest BCUT2D eigenvalue weighted by Crippen LogP contribution is -2.42. The Balaban J connectivity index is 2.11. The highest BCUT2D eigenvalue weighted by Gasteiger charge is 2.39. The second kappa shape index (κ2) is 8.52. The fraction of sp³-hybridized carbons (Fsp3) is 0.381. The van der Waals surface area contributed by atoms with Crippen LogP contribution in [0.5, 0.6) is 0 Å². The fourth-order valence-corrected chi connectivity index (χ4v) is 4.47. The van der Waals surface area contributed by atoms with E-state index in [0.717, 1.165) is 18.7 Å². The van der Waals surface area contributed by atoms with Crippen molar-refractivity contribution in [2.24, 2.45) is 5.92 Å². The summed E-state index contributed by atoms with van der Waals surface area (Å²) >= 11 is 0. The molecule has 0 saturated carbocycles. The van der Waals surface area contributed by atoms with Crippen LogP contribution in [0.1, 0.15) is 31.9 Å². The van der Waals surface area contributed by atoms with Gasteiger partial charge >= 0.3 is 6.18 Å². The van der Waals surface area contributed by atoms with Gasteiger partial charge in [-0.25, -0.2) is 13.4 Å². The molecule has 3 rings (SSSR count). The lowest BCUT2D eigenvalue weighted by Gasteiger charge is -2.17. The van der Waals surface area contributed by atoms with E-state index < -0.39 is 27.1 Å². The molecule has 0 bridgehead atoms. The molecule has 0 amide bonds. The second-order valence-corrected chi connectivity index (χ2v) is 9.70. The molecule has 0 aliphatic carbocycles. The number of halogens is 3. The molecule has 0 unspecified atom stereocenters. The number of pyridine rings is 2. The van der Waals surface area contributed by atoms with E-state index in [1.165, 1.54) is 12.1 Å². The number of hydrogen-bond acceptors (Lipinski definition) is 5. The minimum atomic E-state index is -4.72. The number of nitrogens with zero attached hydrogens (tertiary/aromatic N) is 4. The highest BCUT2D eigenvalue weighted by Crippen LogP contribution is 2.33. The molecule has 3 heterocycles. The SMILES string of the molecule is Cc1cnc2c(c1)c(C#N)c(-c1ccc(S(=O)(=O)N[C@@H](C)C(F)(F)F)cn1)n2CC(C)C. The summed E-state index contributed by atoms with van der Waals surface area (Å²) in [5, 5.41) is 10.5. The first-order valence-electron chi connectivity index (χ1n) is 9.79. The van der Waals surface area contributed by atoms with Crippen LogP contribution >= 0.6 is 0 Å². The van der Waals surface area contributed by atoms with Crippen LogP contribution in [0, 0.1) is 24.2 Å². The number of alkyl halides is 3. The number of sulfonamides is 1. The predicted molar refractivity (Wildman–Crippen MR) is 113 cm³/mol. The van der Waals surface area contributed by atoms with Gasteiger partial charge < -0.3 is 4.57 Å². The van der Waals surface area contributed by atoms with Crippen LogP contribution in [0.25, 0.3) is 22.4 Å². The maximum atomic E-state index is 12.8. The van der Waals surface area contributed by atoms with Crippen molar-refractivity contribution in [3.63, 3.8) is 0 Å². The number of fused-ring (bicyclic) bond motifs is 1. The van der Waals surface area contributed by atoms with Crippen LogP contribution in [0.2, 0.25) is 0 Å². The number of rotatable bonds is 6. The minimum absolute atomic E-state index is 0.215. The molecule has 0 spiro atoms. The molecule has 0 saturated heterocycles. The highest BCUT2D eigenvalue weighted by molar-refractivity contribution is 7.89. The van der Waals surface area contributed by atoms with Crippen LogP contribution in [0.15, 0.2) is 35.5 Å². The first kappa shape index (κ1) is 23.7. The monoisotopic (exact) mass is 465 g/mol. The third-order valence-corrected chi connectivity index (χ3v) is 6.33. The van der Waals surface area contributed by atoms with Gasteiger partial charge in [-0.1, -0.05) is 13.8 Å². The van der Waals surface area contributed by atoms with Crippen LogP contribution < -0.4 is 4.72 Å². The summed E-state index contributed by atoms with van der Waals surface area (Å²) in [7, 11) is -4.43. The van der Waals surface area contributed by atoms with Gasteiger partial charge in [-0.15, -0.1) is 0 Å². The maximum Gasteiger partial charge on any atom is 0.404 e. The van der Waals surface area contributed by atoms with Gasteiger partial charge in [0, 0.05) is 24.3 Å². The van der Waals surface area contributed by atoms with Gasteiger partial charge in [-0.2, -0.15) is 23.2 Å². The standard InChI is InChI=1S/C21H22F3N5O2S/c1-12(2)11-29-19(17(8-25)16-7-13(3)9-27-20(16)29)18-6-5-15(10-26-18)32(30,31)28-14(4)21(22,23)24/h5-7,9-10,12,14,28H,11H2,1-4H3/t14-/m0/s1. The molecule has 0 aliphatic heterocycles. The molecule has 0 radical (unpaired) electrons. The number of aryl methyl sites for hydroxylation is 1. The van der Waals surface area contributed by atoms with Crippen molar-refractivity contribution in [1.82, 2.24) is 19.3 Å². The summed E-state index contributed by atoms with van der Waals surface area (Å²) in [6.45, 7) is 7.13. The average Bonchev–Trinajstić information content (AvgIpc) is 2.98. The molecule has 1 atom stereocenters. The van der Waals surface area contributed by atoms with Crippen molar-refractivity contribution in [2.75, 3.05) is 0 Å². The van der Waals surface area contributed by atoms with Crippen molar-refractivity contribution in [3.05, 3.63) is 41.7 Å². The molecule has 3 aromatic heterocycles. The number of aromatic nitrogens is 3. The summed E-state index contributed by atoms with van der Waals surface area (Å²) in [6.07, 6.45) is -2.04. The van der Waals surface area contributed by atoms with E-state index in [9.17, 15) is 26.9 Å². The smallest absolute Gasteiger partial charge is 0.323 e. The van der Waals surface area contributed by atoms with Gasteiger partial charge in [-0.3, -0.25) is 4.98 Å². The maximum absolute atomic E-state index is 12.8. The van der Waals surface area contributed by atoms with E-state index in [-0.39, 0.29) is 5.92 Å². The number of hydrogen-bond donors (Lipinski definition) is 1. The first-order valence-corrected chi connectivity index (χ1v) is 11.3. The molecule has 0 aromatic carbocycles. The summed E-state index contributed by atoms with van der Waals surface area (Å²) in [5.74, 6) is 0.215.